The molecule has 0 spiro atoms. The Morgan fingerprint density at radius 2 is 1.86 bits per heavy atom. The Kier molecular flexibility index (Phi) is 11.3. The molecule has 0 unspecified atom stereocenters. The van der Waals surface area contributed by atoms with Gasteiger partial charge in [0, 0.05) is 52.0 Å². The number of guanidine groups is 1. The van der Waals surface area contributed by atoms with Gasteiger partial charge in [-0.2, -0.15) is 0 Å². The van der Waals surface area contributed by atoms with E-state index in [9.17, 15) is 14.9 Å². The Morgan fingerprint density at radius 1 is 1.21 bits per heavy atom. The van der Waals surface area contributed by atoms with Crippen molar-refractivity contribution in [1.29, 1.82) is 0 Å². The topological polar surface area (TPSA) is 100 Å². The van der Waals surface area contributed by atoms with Gasteiger partial charge in [0.1, 0.15) is 0 Å². The SMILES string of the molecule is CCOCCCNC(=NCc1ccc([N+](=O)[O-])cc1)N(C)CC(=O)N(CC)CC. The number of amides is 1. The average Bonchev–Trinajstić information content (AvgIpc) is 2.71. The molecular formula is C20H33N5O4. The van der Waals surface area contributed by atoms with E-state index >= 15 is 0 Å². The zero-order chi connectivity index (χ0) is 21.6. The van der Waals surface area contributed by atoms with E-state index in [1.807, 2.05) is 27.8 Å². The van der Waals surface area contributed by atoms with E-state index in [0.29, 0.717) is 45.4 Å². The van der Waals surface area contributed by atoms with E-state index in [0.717, 1.165) is 12.0 Å². The summed E-state index contributed by atoms with van der Waals surface area (Å²) in [6, 6.07) is 6.31. The van der Waals surface area contributed by atoms with Crippen molar-refractivity contribution in [2.75, 3.05) is 46.4 Å². The number of ether oxygens (including phenoxy) is 1. The Hall–Kier alpha value is -2.68. The van der Waals surface area contributed by atoms with Gasteiger partial charge >= 0.3 is 0 Å². The predicted octanol–water partition coefficient (Wildman–Crippen LogP) is 2.27. The largest absolute Gasteiger partial charge is 0.382 e. The molecule has 0 bridgehead atoms. The summed E-state index contributed by atoms with van der Waals surface area (Å²) in [5.41, 5.74) is 0.904. The Labute approximate surface area is 172 Å². The maximum absolute atomic E-state index is 12.4. The molecule has 0 aliphatic heterocycles. The van der Waals surface area contributed by atoms with Crippen LogP contribution in [0.4, 0.5) is 5.69 Å². The minimum Gasteiger partial charge on any atom is -0.382 e. The first-order chi connectivity index (χ1) is 13.9. The molecule has 0 saturated carbocycles. The summed E-state index contributed by atoms with van der Waals surface area (Å²) in [6.07, 6.45) is 0.822. The number of nitrogens with one attached hydrogen (secondary N) is 1. The summed E-state index contributed by atoms with van der Waals surface area (Å²) in [5.74, 6) is 0.650. The molecule has 9 nitrogen and oxygen atoms in total. The third-order valence-corrected chi connectivity index (χ3v) is 4.36. The highest BCUT2D eigenvalue weighted by atomic mass is 16.6. The standard InChI is InChI=1S/C20H33N5O4/c1-5-24(6-2)19(26)16-23(4)20(21-13-8-14-29-7-3)22-15-17-9-11-18(12-10-17)25(27)28/h9-12H,5-8,13-16H2,1-4H3,(H,21,22). The van der Waals surface area contributed by atoms with Crippen molar-refractivity contribution in [2.45, 2.75) is 33.7 Å². The number of rotatable bonds is 12. The molecule has 9 heteroatoms. The lowest BCUT2D eigenvalue weighted by atomic mass is 10.2. The molecule has 0 saturated heterocycles. The van der Waals surface area contributed by atoms with Gasteiger partial charge < -0.3 is 19.9 Å². The Balaban J connectivity index is 2.80. The maximum Gasteiger partial charge on any atom is 0.269 e. The zero-order valence-electron chi connectivity index (χ0n) is 17.9. The van der Waals surface area contributed by atoms with Crippen LogP contribution < -0.4 is 5.32 Å². The number of nitro benzene ring substituents is 1. The lowest BCUT2D eigenvalue weighted by Crippen LogP contribution is -2.46. The fourth-order valence-electron chi connectivity index (χ4n) is 2.67. The van der Waals surface area contributed by atoms with Crippen LogP contribution in [0.15, 0.2) is 29.3 Å². The van der Waals surface area contributed by atoms with Gasteiger partial charge in [0.15, 0.2) is 5.96 Å². The molecule has 1 aromatic rings. The van der Waals surface area contributed by atoms with E-state index in [1.54, 1.807) is 21.9 Å². The first-order valence-electron chi connectivity index (χ1n) is 10.0. The van der Waals surface area contributed by atoms with Gasteiger partial charge in [-0.25, -0.2) is 4.99 Å². The van der Waals surface area contributed by atoms with Gasteiger partial charge in [0.25, 0.3) is 5.69 Å². The van der Waals surface area contributed by atoms with Crippen LogP contribution in [0.2, 0.25) is 0 Å². The number of non-ortho nitro benzene ring substituents is 1. The molecule has 1 aromatic carbocycles. The van der Waals surface area contributed by atoms with Crippen molar-refractivity contribution >= 4 is 17.6 Å². The Morgan fingerprint density at radius 3 is 2.41 bits per heavy atom. The highest BCUT2D eigenvalue weighted by molar-refractivity contribution is 5.86. The number of nitrogens with zero attached hydrogens (tertiary/aromatic N) is 4. The van der Waals surface area contributed by atoms with Crippen LogP contribution in [0, 0.1) is 10.1 Å². The number of hydrogen-bond donors (Lipinski definition) is 1. The van der Waals surface area contributed by atoms with E-state index in [1.165, 1.54) is 12.1 Å². The van der Waals surface area contributed by atoms with Gasteiger partial charge in [-0.3, -0.25) is 14.9 Å². The second-order valence-electron chi connectivity index (χ2n) is 6.46. The van der Waals surface area contributed by atoms with Crippen LogP contribution >= 0.6 is 0 Å². The summed E-state index contributed by atoms with van der Waals surface area (Å²) in [7, 11) is 1.83. The summed E-state index contributed by atoms with van der Waals surface area (Å²) in [4.78, 5) is 31.0. The molecule has 1 N–H and O–H groups in total. The summed E-state index contributed by atoms with van der Waals surface area (Å²) < 4.78 is 5.35. The van der Waals surface area contributed by atoms with Crippen molar-refractivity contribution in [1.82, 2.24) is 15.1 Å². The number of benzene rings is 1. The van der Waals surface area contributed by atoms with E-state index < -0.39 is 4.92 Å². The fourth-order valence-corrected chi connectivity index (χ4v) is 2.67. The van der Waals surface area contributed by atoms with Crippen LogP contribution in [0.3, 0.4) is 0 Å². The summed E-state index contributed by atoms with van der Waals surface area (Å²) in [5, 5.41) is 14.1. The maximum atomic E-state index is 12.4. The minimum atomic E-state index is -0.426. The quantitative estimate of drug-likeness (QED) is 0.188. The van der Waals surface area contributed by atoms with Crippen LogP contribution in [-0.4, -0.2) is 73.0 Å². The minimum absolute atomic E-state index is 0.0386. The van der Waals surface area contributed by atoms with Crippen molar-refractivity contribution in [3.05, 3.63) is 39.9 Å². The molecule has 29 heavy (non-hydrogen) atoms. The number of aliphatic imine (C=N–C) groups is 1. The summed E-state index contributed by atoms with van der Waals surface area (Å²) >= 11 is 0. The molecule has 0 radical (unpaired) electrons. The molecule has 0 aliphatic carbocycles. The molecule has 0 aliphatic rings. The van der Waals surface area contributed by atoms with Crippen molar-refractivity contribution in [3.8, 4) is 0 Å². The van der Waals surface area contributed by atoms with Crippen LogP contribution in [0.5, 0.6) is 0 Å². The van der Waals surface area contributed by atoms with Crippen LogP contribution in [0.25, 0.3) is 0 Å². The number of nitro groups is 1. The highest BCUT2D eigenvalue weighted by Gasteiger charge is 2.15. The van der Waals surface area contributed by atoms with E-state index in [2.05, 4.69) is 10.3 Å². The van der Waals surface area contributed by atoms with Gasteiger partial charge in [-0.15, -0.1) is 0 Å². The smallest absolute Gasteiger partial charge is 0.269 e. The van der Waals surface area contributed by atoms with Crippen LogP contribution in [-0.2, 0) is 16.1 Å². The third kappa shape index (κ3) is 8.91. The van der Waals surface area contributed by atoms with Crippen molar-refractivity contribution in [3.63, 3.8) is 0 Å². The number of carbonyl (C=O) groups is 1. The second kappa shape index (κ2) is 13.5. The number of carbonyl (C=O) groups excluding carboxylic acids is 1. The molecule has 162 valence electrons. The third-order valence-electron chi connectivity index (χ3n) is 4.36. The molecule has 0 aromatic heterocycles. The van der Waals surface area contributed by atoms with Crippen LogP contribution in [0.1, 0.15) is 32.8 Å². The zero-order valence-corrected chi connectivity index (χ0v) is 17.9. The average molecular weight is 408 g/mol. The molecule has 1 rings (SSSR count). The van der Waals surface area contributed by atoms with Crippen molar-refractivity contribution in [2.24, 2.45) is 4.99 Å². The lowest BCUT2D eigenvalue weighted by Gasteiger charge is -2.26. The first-order valence-corrected chi connectivity index (χ1v) is 10.0. The van der Waals surface area contributed by atoms with E-state index in [-0.39, 0.29) is 18.1 Å². The molecule has 0 atom stereocenters. The normalized spacial score (nSPS) is 11.2. The molecular weight excluding hydrogens is 374 g/mol. The van der Waals surface area contributed by atoms with Gasteiger partial charge in [-0.1, -0.05) is 12.1 Å². The monoisotopic (exact) mass is 407 g/mol. The van der Waals surface area contributed by atoms with Gasteiger partial charge in [0.05, 0.1) is 18.0 Å². The van der Waals surface area contributed by atoms with Crippen molar-refractivity contribution < 1.29 is 14.5 Å². The lowest BCUT2D eigenvalue weighted by molar-refractivity contribution is -0.384. The summed E-state index contributed by atoms with van der Waals surface area (Å²) in [6.45, 7) is 9.78. The number of hydrogen-bond acceptors (Lipinski definition) is 5. The fraction of sp³-hybridized carbons (Fsp3) is 0.600. The van der Waals surface area contributed by atoms with E-state index in [4.69, 9.17) is 4.74 Å². The molecule has 0 fully saturated rings. The van der Waals surface area contributed by atoms with Gasteiger partial charge in [0.2, 0.25) is 5.91 Å². The predicted molar refractivity (Wildman–Crippen MR) is 114 cm³/mol. The number of likely N-dealkylation sites (N-methyl/N-ethyl adjacent to an activating group) is 2. The Bertz CT molecular complexity index is 659. The molecule has 0 heterocycles. The second-order valence-corrected chi connectivity index (χ2v) is 6.46. The van der Waals surface area contributed by atoms with Gasteiger partial charge in [-0.05, 0) is 32.8 Å². The highest BCUT2D eigenvalue weighted by Crippen LogP contribution is 2.12. The molecule has 1 amide bonds. The first kappa shape index (κ1) is 24.4.